The Labute approximate surface area is 131 Å². The van der Waals surface area contributed by atoms with Crippen molar-refractivity contribution in [2.45, 2.75) is 6.42 Å². The molecule has 0 spiro atoms. The molecule has 6 nitrogen and oxygen atoms in total. The molecule has 23 heavy (non-hydrogen) atoms. The van der Waals surface area contributed by atoms with Gasteiger partial charge in [-0.25, -0.2) is 9.78 Å². The van der Waals surface area contributed by atoms with Gasteiger partial charge in [-0.1, -0.05) is 12.1 Å². The monoisotopic (exact) mass is 310 g/mol. The highest BCUT2D eigenvalue weighted by Crippen LogP contribution is 2.16. The molecular formula is C17H14N2O4. The van der Waals surface area contributed by atoms with Crippen LogP contribution in [-0.2, 0) is 6.42 Å². The molecule has 3 rings (SSSR count). The van der Waals surface area contributed by atoms with Gasteiger partial charge in [0.1, 0.15) is 11.6 Å². The van der Waals surface area contributed by atoms with Crippen LogP contribution in [0.3, 0.4) is 0 Å². The first kappa shape index (κ1) is 14.8. The number of rotatable bonds is 4. The lowest BCUT2D eigenvalue weighted by Gasteiger charge is -2.06. The van der Waals surface area contributed by atoms with Crippen LogP contribution in [0.5, 0.6) is 5.75 Å². The lowest BCUT2D eigenvalue weighted by Crippen LogP contribution is -2.13. The molecule has 0 amide bonds. The van der Waals surface area contributed by atoms with Crippen LogP contribution >= 0.6 is 0 Å². The number of methoxy groups -OCH3 is 1. The SMILES string of the molecule is COc1cccc(Cc2nc3cc(C(=O)O)ccc3c(=O)[nH]2)c1. The predicted molar refractivity (Wildman–Crippen MR) is 85.1 cm³/mol. The predicted octanol–water partition coefficient (Wildman–Crippen LogP) is 2.22. The Kier molecular flexibility index (Phi) is 3.80. The summed E-state index contributed by atoms with van der Waals surface area (Å²) < 4.78 is 5.17. The van der Waals surface area contributed by atoms with Gasteiger partial charge in [-0.15, -0.1) is 0 Å². The number of carboxylic acids is 1. The Morgan fingerprint density at radius 3 is 2.83 bits per heavy atom. The van der Waals surface area contributed by atoms with Crippen molar-refractivity contribution in [2.75, 3.05) is 7.11 Å². The van der Waals surface area contributed by atoms with Crippen molar-refractivity contribution in [1.29, 1.82) is 0 Å². The molecule has 2 aromatic carbocycles. The van der Waals surface area contributed by atoms with Crippen molar-refractivity contribution in [1.82, 2.24) is 9.97 Å². The minimum Gasteiger partial charge on any atom is -0.497 e. The molecule has 0 aliphatic carbocycles. The van der Waals surface area contributed by atoms with Crippen LogP contribution in [0.25, 0.3) is 10.9 Å². The number of benzene rings is 2. The van der Waals surface area contributed by atoms with Gasteiger partial charge in [-0.05, 0) is 35.9 Å². The van der Waals surface area contributed by atoms with Crippen LogP contribution in [0.2, 0.25) is 0 Å². The van der Waals surface area contributed by atoms with Crippen molar-refractivity contribution in [3.63, 3.8) is 0 Å². The van der Waals surface area contributed by atoms with Gasteiger partial charge < -0.3 is 14.8 Å². The molecule has 0 atom stereocenters. The zero-order valence-corrected chi connectivity index (χ0v) is 12.4. The first-order valence-electron chi connectivity index (χ1n) is 6.96. The van der Waals surface area contributed by atoms with Gasteiger partial charge in [-0.2, -0.15) is 0 Å². The van der Waals surface area contributed by atoms with Gasteiger partial charge in [0.15, 0.2) is 0 Å². The molecule has 2 N–H and O–H groups in total. The van der Waals surface area contributed by atoms with Crippen LogP contribution in [-0.4, -0.2) is 28.2 Å². The van der Waals surface area contributed by atoms with E-state index in [0.717, 1.165) is 11.3 Å². The average molecular weight is 310 g/mol. The molecule has 0 saturated heterocycles. The third kappa shape index (κ3) is 3.06. The molecule has 0 radical (unpaired) electrons. The lowest BCUT2D eigenvalue weighted by molar-refractivity contribution is 0.0697. The molecule has 0 fully saturated rings. The maximum Gasteiger partial charge on any atom is 0.335 e. The zero-order chi connectivity index (χ0) is 16.4. The number of nitrogens with zero attached hydrogens (tertiary/aromatic N) is 1. The van der Waals surface area contributed by atoms with Crippen LogP contribution in [0.1, 0.15) is 21.7 Å². The molecule has 116 valence electrons. The normalized spacial score (nSPS) is 10.7. The number of carboxylic acid groups (broad SMARTS) is 1. The number of hydrogen-bond acceptors (Lipinski definition) is 4. The highest BCUT2D eigenvalue weighted by molar-refractivity contribution is 5.92. The van der Waals surface area contributed by atoms with Gasteiger partial charge in [0, 0.05) is 6.42 Å². The summed E-state index contributed by atoms with van der Waals surface area (Å²) in [4.78, 5) is 30.3. The maximum absolute atomic E-state index is 12.1. The average Bonchev–Trinajstić information content (AvgIpc) is 2.54. The number of hydrogen-bond donors (Lipinski definition) is 2. The van der Waals surface area contributed by atoms with Crippen molar-refractivity contribution in [3.8, 4) is 5.75 Å². The van der Waals surface area contributed by atoms with Gasteiger partial charge in [0.2, 0.25) is 0 Å². The first-order chi connectivity index (χ1) is 11.1. The van der Waals surface area contributed by atoms with Gasteiger partial charge >= 0.3 is 5.97 Å². The van der Waals surface area contributed by atoms with E-state index in [1.54, 1.807) is 7.11 Å². The standard InChI is InChI=1S/C17H14N2O4/c1-23-12-4-2-3-10(7-12)8-15-18-14-9-11(17(21)22)5-6-13(14)16(20)19-15/h2-7,9H,8H2,1H3,(H,21,22)(H,18,19,20). The number of carbonyl (C=O) groups is 1. The third-order valence-corrected chi connectivity index (χ3v) is 3.51. The Morgan fingerprint density at radius 2 is 2.09 bits per heavy atom. The lowest BCUT2D eigenvalue weighted by atomic mass is 10.1. The summed E-state index contributed by atoms with van der Waals surface area (Å²) in [5.74, 6) is 0.139. The molecule has 0 unspecified atom stereocenters. The number of aromatic carboxylic acids is 1. The summed E-state index contributed by atoms with van der Waals surface area (Å²) in [5, 5.41) is 9.41. The number of ether oxygens (including phenoxy) is 1. The number of fused-ring (bicyclic) bond motifs is 1. The summed E-state index contributed by atoms with van der Waals surface area (Å²) in [5.41, 5.74) is 1.11. The Balaban J connectivity index is 2.03. The third-order valence-electron chi connectivity index (χ3n) is 3.51. The Hall–Kier alpha value is -3.15. The van der Waals surface area contributed by atoms with E-state index < -0.39 is 5.97 Å². The number of aromatic amines is 1. The molecule has 0 bridgehead atoms. The van der Waals surface area contributed by atoms with Crippen LogP contribution < -0.4 is 10.3 Å². The molecule has 0 aliphatic heterocycles. The van der Waals surface area contributed by atoms with E-state index >= 15 is 0 Å². The second kappa shape index (κ2) is 5.92. The van der Waals surface area contributed by atoms with Crippen molar-refractivity contribution >= 4 is 16.9 Å². The van der Waals surface area contributed by atoms with Crippen molar-refractivity contribution in [2.24, 2.45) is 0 Å². The Bertz CT molecular complexity index is 947. The minimum atomic E-state index is -1.05. The highest BCUT2D eigenvalue weighted by Gasteiger charge is 2.09. The Morgan fingerprint density at radius 1 is 1.26 bits per heavy atom. The number of H-pyrrole nitrogens is 1. The second-order valence-corrected chi connectivity index (χ2v) is 5.08. The molecular weight excluding hydrogens is 296 g/mol. The van der Waals surface area contributed by atoms with E-state index in [4.69, 9.17) is 9.84 Å². The summed E-state index contributed by atoms with van der Waals surface area (Å²) >= 11 is 0. The van der Waals surface area contributed by atoms with Crippen LogP contribution in [0.4, 0.5) is 0 Å². The quantitative estimate of drug-likeness (QED) is 0.771. The molecule has 1 aromatic heterocycles. The smallest absolute Gasteiger partial charge is 0.335 e. The zero-order valence-electron chi connectivity index (χ0n) is 12.4. The fourth-order valence-corrected chi connectivity index (χ4v) is 2.38. The molecule has 0 aliphatic rings. The van der Waals surface area contributed by atoms with Crippen LogP contribution in [0.15, 0.2) is 47.3 Å². The highest BCUT2D eigenvalue weighted by atomic mass is 16.5. The van der Waals surface area contributed by atoms with E-state index in [1.807, 2.05) is 24.3 Å². The van der Waals surface area contributed by atoms with E-state index in [0.29, 0.717) is 23.1 Å². The largest absolute Gasteiger partial charge is 0.497 e. The molecule has 6 heteroatoms. The number of nitrogens with one attached hydrogen (secondary N) is 1. The van der Waals surface area contributed by atoms with E-state index in [9.17, 15) is 9.59 Å². The van der Waals surface area contributed by atoms with Crippen molar-refractivity contribution < 1.29 is 14.6 Å². The summed E-state index contributed by atoms with van der Waals surface area (Å²) in [6, 6.07) is 11.7. The fraction of sp³-hybridized carbons (Fsp3) is 0.118. The fourth-order valence-electron chi connectivity index (χ4n) is 2.38. The summed E-state index contributed by atoms with van der Waals surface area (Å²) in [7, 11) is 1.59. The minimum absolute atomic E-state index is 0.0999. The summed E-state index contributed by atoms with van der Waals surface area (Å²) in [6.07, 6.45) is 0.416. The molecule has 3 aromatic rings. The maximum atomic E-state index is 12.1. The topological polar surface area (TPSA) is 92.3 Å². The van der Waals surface area contributed by atoms with E-state index in [1.165, 1.54) is 18.2 Å². The van der Waals surface area contributed by atoms with Gasteiger partial charge in [0.05, 0.1) is 23.6 Å². The van der Waals surface area contributed by atoms with Gasteiger partial charge in [-0.3, -0.25) is 4.79 Å². The number of aromatic nitrogens is 2. The molecule has 0 saturated carbocycles. The van der Waals surface area contributed by atoms with Gasteiger partial charge in [0.25, 0.3) is 5.56 Å². The first-order valence-corrected chi connectivity index (χ1v) is 6.96. The van der Waals surface area contributed by atoms with E-state index in [2.05, 4.69) is 9.97 Å². The van der Waals surface area contributed by atoms with Crippen LogP contribution in [0, 0.1) is 0 Å². The summed E-state index contributed by atoms with van der Waals surface area (Å²) in [6.45, 7) is 0. The van der Waals surface area contributed by atoms with Crippen molar-refractivity contribution in [3.05, 3.63) is 69.8 Å². The second-order valence-electron chi connectivity index (χ2n) is 5.08. The van der Waals surface area contributed by atoms with E-state index in [-0.39, 0.29) is 11.1 Å². The molecule has 1 heterocycles.